The van der Waals surface area contributed by atoms with E-state index in [4.69, 9.17) is 4.74 Å². The van der Waals surface area contributed by atoms with Crippen molar-refractivity contribution in [3.05, 3.63) is 82.3 Å². The molecule has 0 radical (unpaired) electrons. The Kier molecular flexibility index (Phi) is 6.39. The number of nitrogens with zero attached hydrogens (tertiary/aromatic N) is 2. The second-order valence-electron chi connectivity index (χ2n) is 6.01. The van der Waals surface area contributed by atoms with Gasteiger partial charge in [0.2, 0.25) is 0 Å². The predicted octanol–water partition coefficient (Wildman–Crippen LogP) is 4.77. The van der Waals surface area contributed by atoms with E-state index < -0.39 is 0 Å². The van der Waals surface area contributed by atoms with E-state index in [0.717, 1.165) is 24.2 Å². The van der Waals surface area contributed by atoms with E-state index in [1.165, 1.54) is 0 Å². The summed E-state index contributed by atoms with van der Waals surface area (Å²) >= 11 is 1.54. The van der Waals surface area contributed by atoms with Crippen LogP contribution in [0.15, 0.2) is 65.5 Å². The molecule has 1 amide bonds. The van der Waals surface area contributed by atoms with Crippen LogP contribution < -0.4 is 4.74 Å². The van der Waals surface area contributed by atoms with Crippen molar-refractivity contribution in [1.82, 2.24) is 9.88 Å². The minimum atomic E-state index is 0.0230. The molecule has 0 unspecified atom stereocenters. The highest BCUT2D eigenvalue weighted by atomic mass is 32.1. The van der Waals surface area contributed by atoms with Gasteiger partial charge in [-0.2, -0.15) is 0 Å². The second-order valence-corrected chi connectivity index (χ2v) is 6.73. The fraction of sp³-hybridized carbons (Fsp3) is 0.238. The number of carbonyl (C=O) groups excluding carboxylic acids is 1. The molecule has 4 nitrogen and oxygen atoms in total. The first-order valence-electron chi connectivity index (χ1n) is 8.69. The van der Waals surface area contributed by atoms with Crippen molar-refractivity contribution >= 4 is 17.2 Å². The molecular weight excluding hydrogens is 344 g/mol. The maximum atomic E-state index is 13.0. The van der Waals surface area contributed by atoms with Crippen molar-refractivity contribution in [1.29, 1.82) is 0 Å². The van der Waals surface area contributed by atoms with Gasteiger partial charge in [-0.15, -0.1) is 11.3 Å². The van der Waals surface area contributed by atoms with Crippen LogP contribution in [0.4, 0.5) is 0 Å². The summed E-state index contributed by atoms with van der Waals surface area (Å²) in [6, 6.07) is 17.4. The number of aromatic nitrogens is 1. The Morgan fingerprint density at radius 1 is 1.15 bits per heavy atom. The van der Waals surface area contributed by atoms with Gasteiger partial charge in [-0.25, -0.2) is 4.98 Å². The molecule has 0 atom stereocenters. The lowest BCUT2D eigenvalue weighted by atomic mass is 10.1. The summed E-state index contributed by atoms with van der Waals surface area (Å²) in [6.45, 7) is 3.82. The molecule has 134 valence electrons. The van der Waals surface area contributed by atoms with Gasteiger partial charge in [-0.1, -0.05) is 43.3 Å². The SMILES string of the molecule is CCCN(Cc1ccccc1)C(=O)c1cccc(OCc2cscn2)c1. The van der Waals surface area contributed by atoms with Crippen molar-refractivity contribution in [2.75, 3.05) is 6.54 Å². The molecule has 0 N–H and O–H groups in total. The molecule has 2 aromatic carbocycles. The summed E-state index contributed by atoms with van der Waals surface area (Å²) in [7, 11) is 0. The van der Waals surface area contributed by atoms with Gasteiger partial charge in [0, 0.05) is 24.0 Å². The Morgan fingerprint density at radius 2 is 2.00 bits per heavy atom. The average Bonchev–Trinajstić information content (AvgIpc) is 3.20. The van der Waals surface area contributed by atoms with E-state index in [-0.39, 0.29) is 5.91 Å². The summed E-state index contributed by atoms with van der Waals surface area (Å²) < 4.78 is 5.77. The Hall–Kier alpha value is -2.66. The Labute approximate surface area is 158 Å². The first kappa shape index (κ1) is 18.1. The fourth-order valence-electron chi connectivity index (χ4n) is 2.69. The van der Waals surface area contributed by atoms with Crippen LogP contribution in [0.25, 0.3) is 0 Å². The zero-order valence-electron chi connectivity index (χ0n) is 14.8. The van der Waals surface area contributed by atoms with Gasteiger partial charge in [0.1, 0.15) is 12.4 Å². The number of hydrogen-bond donors (Lipinski definition) is 0. The van der Waals surface area contributed by atoms with Crippen LogP contribution in [-0.2, 0) is 13.2 Å². The molecule has 0 aliphatic rings. The molecule has 0 spiro atoms. The molecule has 0 aliphatic heterocycles. The highest BCUT2D eigenvalue weighted by molar-refractivity contribution is 7.07. The Bertz CT molecular complexity index is 819. The van der Waals surface area contributed by atoms with E-state index >= 15 is 0 Å². The third-order valence-electron chi connectivity index (χ3n) is 3.95. The van der Waals surface area contributed by atoms with Crippen LogP contribution in [0.5, 0.6) is 5.75 Å². The van der Waals surface area contributed by atoms with Crippen LogP contribution in [0.3, 0.4) is 0 Å². The Morgan fingerprint density at radius 3 is 2.73 bits per heavy atom. The molecular formula is C21H22N2O2S. The second kappa shape index (κ2) is 9.15. The van der Waals surface area contributed by atoms with E-state index in [1.54, 1.807) is 16.8 Å². The summed E-state index contributed by atoms with van der Waals surface area (Å²) in [5.74, 6) is 0.704. The molecule has 3 rings (SSSR count). The zero-order valence-corrected chi connectivity index (χ0v) is 15.6. The van der Waals surface area contributed by atoms with Crippen LogP contribution in [0.2, 0.25) is 0 Å². The molecule has 0 saturated carbocycles. The minimum Gasteiger partial charge on any atom is -0.487 e. The van der Waals surface area contributed by atoms with Crippen molar-refractivity contribution in [3.63, 3.8) is 0 Å². The Balaban J connectivity index is 1.70. The molecule has 0 bridgehead atoms. The smallest absolute Gasteiger partial charge is 0.254 e. The molecule has 3 aromatic rings. The third kappa shape index (κ3) is 4.92. The van der Waals surface area contributed by atoms with Crippen LogP contribution in [0, 0.1) is 0 Å². The molecule has 5 heteroatoms. The quantitative estimate of drug-likeness (QED) is 0.576. The number of amides is 1. The van der Waals surface area contributed by atoms with Gasteiger partial charge in [-0.3, -0.25) is 4.79 Å². The number of hydrogen-bond acceptors (Lipinski definition) is 4. The summed E-state index contributed by atoms with van der Waals surface area (Å²) in [4.78, 5) is 19.1. The predicted molar refractivity (Wildman–Crippen MR) is 104 cm³/mol. The minimum absolute atomic E-state index is 0.0230. The van der Waals surface area contributed by atoms with Crippen LogP contribution in [-0.4, -0.2) is 22.3 Å². The number of benzene rings is 2. The van der Waals surface area contributed by atoms with Crippen molar-refractivity contribution in [3.8, 4) is 5.75 Å². The normalized spacial score (nSPS) is 10.5. The number of rotatable bonds is 8. The lowest BCUT2D eigenvalue weighted by molar-refractivity contribution is 0.0742. The highest BCUT2D eigenvalue weighted by Gasteiger charge is 2.16. The largest absolute Gasteiger partial charge is 0.487 e. The highest BCUT2D eigenvalue weighted by Crippen LogP contribution is 2.18. The molecule has 26 heavy (non-hydrogen) atoms. The standard InChI is InChI=1S/C21H22N2O2S/c1-2-11-23(13-17-7-4-3-5-8-17)21(24)18-9-6-10-20(12-18)25-14-19-15-26-16-22-19/h3-10,12,15-16H,2,11,13-14H2,1H3. The lowest BCUT2D eigenvalue weighted by Crippen LogP contribution is -2.31. The number of thiazole rings is 1. The van der Waals surface area contributed by atoms with Gasteiger partial charge >= 0.3 is 0 Å². The molecule has 0 saturated heterocycles. The average molecular weight is 366 g/mol. The van der Waals surface area contributed by atoms with Gasteiger partial charge in [0.15, 0.2) is 0 Å². The van der Waals surface area contributed by atoms with Gasteiger partial charge < -0.3 is 9.64 Å². The van der Waals surface area contributed by atoms with Crippen molar-refractivity contribution in [2.24, 2.45) is 0 Å². The summed E-state index contributed by atoms with van der Waals surface area (Å²) in [5.41, 5.74) is 4.45. The van der Waals surface area contributed by atoms with Crippen molar-refractivity contribution in [2.45, 2.75) is 26.5 Å². The van der Waals surface area contributed by atoms with Gasteiger partial charge in [-0.05, 0) is 30.2 Å². The maximum Gasteiger partial charge on any atom is 0.254 e. The fourth-order valence-corrected chi connectivity index (χ4v) is 3.24. The van der Waals surface area contributed by atoms with E-state index in [1.807, 2.05) is 64.9 Å². The molecule has 1 heterocycles. The summed E-state index contributed by atoms with van der Waals surface area (Å²) in [5, 5.41) is 1.96. The molecule has 0 fully saturated rings. The summed E-state index contributed by atoms with van der Waals surface area (Å²) in [6.07, 6.45) is 0.915. The van der Waals surface area contributed by atoms with Crippen molar-refractivity contribution < 1.29 is 9.53 Å². The van der Waals surface area contributed by atoms with Gasteiger partial charge in [0.05, 0.1) is 11.2 Å². The monoisotopic (exact) mass is 366 g/mol. The third-order valence-corrected chi connectivity index (χ3v) is 4.58. The maximum absolute atomic E-state index is 13.0. The first-order chi connectivity index (χ1) is 12.8. The topological polar surface area (TPSA) is 42.4 Å². The van der Waals surface area contributed by atoms with Crippen LogP contribution in [0.1, 0.15) is 35.0 Å². The first-order valence-corrected chi connectivity index (χ1v) is 9.63. The van der Waals surface area contributed by atoms with E-state index in [9.17, 15) is 4.79 Å². The molecule has 1 aromatic heterocycles. The number of carbonyl (C=O) groups is 1. The van der Waals surface area contributed by atoms with E-state index in [0.29, 0.717) is 24.5 Å². The zero-order chi connectivity index (χ0) is 18.2. The van der Waals surface area contributed by atoms with Crippen LogP contribution >= 0.6 is 11.3 Å². The van der Waals surface area contributed by atoms with Gasteiger partial charge in [0.25, 0.3) is 5.91 Å². The van der Waals surface area contributed by atoms with E-state index in [2.05, 4.69) is 11.9 Å². The number of ether oxygens (including phenoxy) is 1. The lowest BCUT2D eigenvalue weighted by Gasteiger charge is -2.22. The molecule has 0 aliphatic carbocycles.